The molecule has 0 spiro atoms. The number of benzene rings is 3. The fourth-order valence-electron chi connectivity index (χ4n) is 3.64. The highest BCUT2D eigenvalue weighted by Crippen LogP contribution is 2.39. The molecule has 0 saturated heterocycles. The molecule has 0 fully saturated rings. The largest absolute Gasteiger partial charge is 0.488 e. The van der Waals surface area contributed by atoms with Crippen LogP contribution in [0, 0.1) is 23.1 Å². The fourth-order valence-corrected chi connectivity index (χ4v) is 3.64. The summed E-state index contributed by atoms with van der Waals surface area (Å²) in [5, 5.41) is 11.2. The third-order valence-corrected chi connectivity index (χ3v) is 5.01. The summed E-state index contributed by atoms with van der Waals surface area (Å²) in [6.07, 6.45) is 3.73. The normalized spacial score (nSPS) is 13.8. The number of nitrogens with one attached hydrogen (secondary N) is 2. The lowest BCUT2D eigenvalue weighted by Gasteiger charge is -2.11. The summed E-state index contributed by atoms with van der Waals surface area (Å²) in [6, 6.07) is 14.8. The van der Waals surface area contributed by atoms with Crippen LogP contribution < -0.4 is 10.1 Å². The number of imidazole rings is 1. The van der Waals surface area contributed by atoms with Gasteiger partial charge in [-0.3, -0.25) is 5.32 Å². The second-order valence-electron chi connectivity index (χ2n) is 6.85. The molecule has 7 heteroatoms. The molecule has 1 aliphatic rings. The molecular weight excluding hydrogens is 386 g/mol. The standard InChI is InChI=1S/C23H14F2N4O/c24-14-5-6-16-17(15-2-1-3-19(25)18(15)11-30-22(16)10-14)8-13-4-7-20-21(9-13)29-23(28-20)27-12-26/h1-10H,11H2,(H2,27,28,29)/b17-8+. The van der Waals surface area contributed by atoms with Crippen LogP contribution >= 0.6 is 0 Å². The van der Waals surface area contributed by atoms with Gasteiger partial charge in [-0.15, -0.1) is 0 Å². The molecule has 2 heterocycles. The van der Waals surface area contributed by atoms with Crippen molar-refractivity contribution in [3.05, 3.63) is 88.5 Å². The first-order valence-electron chi connectivity index (χ1n) is 9.19. The van der Waals surface area contributed by atoms with Crippen molar-refractivity contribution in [2.75, 3.05) is 5.32 Å². The summed E-state index contributed by atoms with van der Waals surface area (Å²) < 4.78 is 34.1. The quantitative estimate of drug-likeness (QED) is 0.358. The number of nitriles is 1. The zero-order chi connectivity index (χ0) is 20.7. The summed E-state index contributed by atoms with van der Waals surface area (Å²) in [5.41, 5.74) is 4.79. The van der Waals surface area contributed by atoms with Gasteiger partial charge in [-0.25, -0.2) is 13.8 Å². The third kappa shape index (κ3) is 3.05. The molecule has 0 aliphatic carbocycles. The van der Waals surface area contributed by atoms with Crippen molar-refractivity contribution >= 4 is 28.6 Å². The number of ether oxygens (including phenoxy) is 1. The number of anilines is 1. The van der Waals surface area contributed by atoms with Crippen molar-refractivity contribution < 1.29 is 13.5 Å². The van der Waals surface area contributed by atoms with Gasteiger partial charge in [-0.1, -0.05) is 18.2 Å². The number of H-pyrrole nitrogens is 1. The van der Waals surface area contributed by atoms with Gasteiger partial charge < -0.3 is 9.72 Å². The van der Waals surface area contributed by atoms with E-state index in [-0.39, 0.29) is 12.4 Å². The Balaban J connectivity index is 1.71. The molecular formula is C23H14F2N4O. The van der Waals surface area contributed by atoms with Gasteiger partial charge in [0.15, 0.2) is 6.19 Å². The predicted octanol–water partition coefficient (Wildman–Crippen LogP) is 5.22. The SMILES string of the molecule is N#CNc1nc2ccc(/C=C3/c4ccc(F)cc4OCc4c(F)cccc43)cc2[nH]1. The minimum absolute atomic E-state index is 0.0125. The van der Waals surface area contributed by atoms with Crippen LogP contribution in [-0.2, 0) is 6.61 Å². The molecule has 4 aromatic rings. The molecule has 146 valence electrons. The Morgan fingerprint density at radius 3 is 2.87 bits per heavy atom. The minimum Gasteiger partial charge on any atom is -0.488 e. The zero-order valence-electron chi connectivity index (χ0n) is 15.5. The number of aromatic amines is 1. The Bertz CT molecular complexity index is 1370. The Kier molecular flexibility index (Phi) is 4.18. The Labute approximate surface area is 170 Å². The van der Waals surface area contributed by atoms with Gasteiger partial charge in [0, 0.05) is 17.2 Å². The van der Waals surface area contributed by atoms with Crippen LogP contribution in [0.3, 0.4) is 0 Å². The van der Waals surface area contributed by atoms with E-state index in [1.54, 1.807) is 12.1 Å². The lowest BCUT2D eigenvalue weighted by Crippen LogP contribution is -1.99. The van der Waals surface area contributed by atoms with Crippen LogP contribution in [0.5, 0.6) is 5.75 Å². The summed E-state index contributed by atoms with van der Waals surface area (Å²) >= 11 is 0. The van der Waals surface area contributed by atoms with E-state index < -0.39 is 5.82 Å². The molecule has 1 aromatic heterocycles. The van der Waals surface area contributed by atoms with E-state index in [1.165, 1.54) is 18.2 Å². The topological polar surface area (TPSA) is 73.7 Å². The second-order valence-corrected chi connectivity index (χ2v) is 6.85. The monoisotopic (exact) mass is 400 g/mol. The van der Waals surface area contributed by atoms with Gasteiger partial charge in [0.1, 0.15) is 24.0 Å². The van der Waals surface area contributed by atoms with Crippen LogP contribution in [0.2, 0.25) is 0 Å². The first kappa shape index (κ1) is 17.9. The summed E-state index contributed by atoms with van der Waals surface area (Å²) in [5.74, 6) is -0.0766. The maximum atomic E-state index is 14.5. The number of hydrogen-bond acceptors (Lipinski definition) is 4. The van der Waals surface area contributed by atoms with Crippen molar-refractivity contribution in [1.29, 1.82) is 5.26 Å². The predicted molar refractivity (Wildman–Crippen MR) is 109 cm³/mol. The van der Waals surface area contributed by atoms with E-state index >= 15 is 0 Å². The van der Waals surface area contributed by atoms with Gasteiger partial charge in [-0.2, -0.15) is 5.26 Å². The molecule has 2 N–H and O–H groups in total. The molecule has 0 atom stereocenters. The highest BCUT2D eigenvalue weighted by Gasteiger charge is 2.22. The molecule has 0 bridgehead atoms. The Morgan fingerprint density at radius 1 is 1.10 bits per heavy atom. The number of nitrogens with zero attached hydrogens (tertiary/aromatic N) is 2. The highest BCUT2D eigenvalue weighted by atomic mass is 19.1. The molecule has 30 heavy (non-hydrogen) atoms. The van der Waals surface area contributed by atoms with Crippen LogP contribution in [-0.4, -0.2) is 9.97 Å². The molecule has 5 rings (SSSR count). The molecule has 1 aliphatic heterocycles. The molecule has 0 amide bonds. The smallest absolute Gasteiger partial charge is 0.214 e. The molecule has 3 aromatic carbocycles. The first-order chi connectivity index (χ1) is 14.6. The number of halogens is 2. The summed E-state index contributed by atoms with van der Waals surface area (Å²) in [7, 11) is 0. The van der Waals surface area contributed by atoms with Crippen molar-refractivity contribution in [3.63, 3.8) is 0 Å². The zero-order valence-corrected chi connectivity index (χ0v) is 15.5. The maximum absolute atomic E-state index is 14.5. The van der Waals surface area contributed by atoms with Crippen molar-refractivity contribution in [3.8, 4) is 11.9 Å². The van der Waals surface area contributed by atoms with E-state index in [0.717, 1.165) is 16.7 Å². The van der Waals surface area contributed by atoms with Crippen molar-refractivity contribution in [2.45, 2.75) is 6.61 Å². The molecule has 5 nitrogen and oxygen atoms in total. The van der Waals surface area contributed by atoms with Gasteiger partial charge >= 0.3 is 0 Å². The van der Waals surface area contributed by atoms with E-state index in [9.17, 15) is 8.78 Å². The van der Waals surface area contributed by atoms with Gasteiger partial charge in [-0.05, 0) is 53.1 Å². The number of fused-ring (bicyclic) bond motifs is 3. The second kappa shape index (κ2) is 7.01. The van der Waals surface area contributed by atoms with Crippen LogP contribution in [0.25, 0.3) is 22.7 Å². The Morgan fingerprint density at radius 2 is 2.00 bits per heavy atom. The van der Waals surface area contributed by atoms with E-state index in [0.29, 0.717) is 33.9 Å². The minimum atomic E-state index is -0.420. The summed E-state index contributed by atoms with van der Waals surface area (Å²) in [4.78, 5) is 7.31. The van der Waals surface area contributed by atoms with Crippen LogP contribution in [0.1, 0.15) is 22.3 Å². The van der Waals surface area contributed by atoms with Gasteiger partial charge in [0.2, 0.25) is 5.95 Å². The lowest BCUT2D eigenvalue weighted by molar-refractivity contribution is 0.299. The third-order valence-electron chi connectivity index (χ3n) is 5.01. The summed E-state index contributed by atoms with van der Waals surface area (Å²) in [6.45, 7) is 0.0125. The van der Waals surface area contributed by atoms with Gasteiger partial charge in [0.05, 0.1) is 11.0 Å². The number of hydrogen-bond donors (Lipinski definition) is 2. The average molecular weight is 400 g/mol. The number of aromatic nitrogens is 2. The van der Waals surface area contributed by atoms with Crippen LogP contribution in [0.15, 0.2) is 54.6 Å². The average Bonchev–Trinajstić information content (AvgIpc) is 3.06. The molecule has 0 unspecified atom stereocenters. The van der Waals surface area contributed by atoms with E-state index in [1.807, 2.05) is 36.5 Å². The molecule has 0 radical (unpaired) electrons. The van der Waals surface area contributed by atoms with Gasteiger partial charge in [0.25, 0.3) is 0 Å². The van der Waals surface area contributed by atoms with E-state index in [2.05, 4.69) is 15.3 Å². The lowest BCUT2D eigenvalue weighted by atomic mass is 9.92. The molecule has 0 saturated carbocycles. The maximum Gasteiger partial charge on any atom is 0.214 e. The van der Waals surface area contributed by atoms with Crippen molar-refractivity contribution in [1.82, 2.24) is 9.97 Å². The van der Waals surface area contributed by atoms with E-state index in [4.69, 9.17) is 10.00 Å². The fraction of sp³-hybridized carbons (Fsp3) is 0.0435. The first-order valence-corrected chi connectivity index (χ1v) is 9.19. The van der Waals surface area contributed by atoms with Crippen molar-refractivity contribution in [2.24, 2.45) is 0 Å². The highest BCUT2D eigenvalue weighted by molar-refractivity contribution is 5.96. The van der Waals surface area contributed by atoms with Crippen LogP contribution in [0.4, 0.5) is 14.7 Å². The number of rotatable bonds is 2. The Hall–Kier alpha value is -4.18.